The van der Waals surface area contributed by atoms with E-state index in [2.05, 4.69) is 5.32 Å². The number of amides is 1. The second-order valence-corrected chi connectivity index (χ2v) is 7.27. The Bertz CT molecular complexity index is 738. The number of ether oxygens (including phenoxy) is 2. The first-order chi connectivity index (χ1) is 11.6. The van der Waals surface area contributed by atoms with E-state index in [9.17, 15) is 4.79 Å². The largest absolute Gasteiger partial charge is 0.490 e. The van der Waals surface area contributed by atoms with Gasteiger partial charge in [-0.2, -0.15) is 0 Å². The molecule has 3 rings (SSSR count). The van der Waals surface area contributed by atoms with Crippen LogP contribution < -0.4 is 14.8 Å². The van der Waals surface area contributed by atoms with E-state index in [0.29, 0.717) is 23.9 Å². The van der Waals surface area contributed by atoms with Gasteiger partial charge in [0.25, 0.3) is 0 Å². The number of benzene rings is 2. The van der Waals surface area contributed by atoms with Crippen LogP contribution in [-0.4, -0.2) is 24.4 Å². The molecule has 126 valence electrons. The first-order valence-electron chi connectivity index (χ1n) is 7.74. The van der Waals surface area contributed by atoms with Gasteiger partial charge in [0, 0.05) is 22.0 Å². The van der Waals surface area contributed by atoms with Crippen LogP contribution in [-0.2, 0) is 4.79 Å². The Labute approximate surface area is 150 Å². The number of carbonyl (C=O) groups is 1. The van der Waals surface area contributed by atoms with Crippen LogP contribution in [0, 0.1) is 0 Å². The van der Waals surface area contributed by atoms with Crippen LogP contribution >= 0.6 is 23.4 Å². The molecule has 0 aromatic heterocycles. The summed E-state index contributed by atoms with van der Waals surface area (Å²) in [6.45, 7) is 3.18. The van der Waals surface area contributed by atoms with Crippen molar-refractivity contribution >= 4 is 35.0 Å². The van der Waals surface area contributed by atoms with E-state index >= 15 is 0 Å². The molecule has 2 aromatic carbocycles. The number of thioether (sulfide) groups is 1. The van der Waals surface area contributed by atoms with E-state index in [1.54, 1.807) is 18.2 Å². The molecule has 0 saturated heterocycles. The molecule has 1 N–H and O–H groups in total. The van der Waals surface area contributed by atoms with Crippen LogP contribution in [0.2, 0.25) is 5.02 Å². The summed E-state index contributed by atoms with van der Waals surface area (Å²) in [6.07, 6.45) is 0.871. The monoisotopic (exact) mass is 363 g/mol. The molecule has 2 aromatic rings. The maximum absolute atomic E-state index is 12.3. The molecule has 0 aliphatic carbocycles. The van der Waals surface area contributed by atoms with Gasteiger partial charge in [-0.3, -0.25) is 4.79 Å². The van der Waals surface area contributed by atoms with Gasteiger partial charge in [-0.25, -0.2) is 0 Å². The molecule has 6 heteroatoms. The fourth-order valence-electron chi connectivity index (χ4n) is 2.28. The smallest absolute Gasteiger partial charge is 0.237 e. The van der Waals surface area contributed by atoms with Gasteiger partial charge in [0.2, 0.25) is 5.91 Å². The zero-order valence-electron chi connectivity index (χ0n) is 13.3. The number of nitrogens with one attached hydrogen (secondary N) is 1. The lowest BCUT2D eigenvalue weighted by atomic mass is 10.3. The fraction of sp³-hybridized carbons (Fsp3) is 0.278. The van der Waals surface area contributed by atoms with E-state index in [-0.39, 0.29) is 11.2 Å². The summed E-state index contributed by atoms with van der Waals surface area (Å²) in [7, 11) is 0. The number of carbonyl (C=O) groups excluding carboxylic acids is 1. The Morgan fingerprint density at radius 2 is 1.96 bits per heavy atom. The molecule has 0 radical (unpaired) electrons. The summed E-state index contributed by atoms with van der Waals surface area (Å²) < 4.78 is 11.3. The second kappa shape index (κ2) is 7.81. The van der Waals surface area contributed by atoms with Crippen molar-refractivity contribution in [2.75, 3.05) is 18.5 Å². The highest BCUT2D eigenvalue weighted by Crippen LogP contribution is 2.35. The average Bonchev–Trinajstić information content (AvgIpc) is 2.79. The van der Waals surface area contributed by atoms with E-state index in [0.717, 1.165) is 22.8 Å². The van der Waals surface area contributed by atoms with Gasteiger partial charge in [-0.15, -0.1) is 11.8 Å². The maximum Gasteiger partial charge on any atom is 0.237 e. The molecule has 4 nitrogen and oxygen atoms in total. The molecular weight excluding hydrogens is 346 g/mol. The molecule has 1 aliphatic rings. The Hall–Kier alpha value is -1.85. The molecule has 0 bridgehead atoms. The van der Waals surface area contributed by atoms with Gasteiger partial charge in [-0.1, -0.05) is 17.7 Å². The number of hydrogen-bond acceptors (Lipinski definition) is 4. The Morgan fingerprint density at radius 1 is 1.17 bits per heavy atom. The van der Waals surface area contributed by atoms with Crippen molar-refractivity contribution in [2.45, 2.75) is 23.5 Å². The summed E-state index contributed by atoms with van der Waals surface area (Å²) >= 11 is 7.41. The third kappa shape index (κ3) is 4.36. The van der Waals surface area contributed by atoms with E-state index in [4.69, 9.17) is 21.1 Å². The van der Waals surface area contributed by atoms with Gasteiger partial charge in [-0.05, 0) is 43.3 Å². The van der Waals surface area contributed by atoms with E-state index < -0.39 is 0 Å². The third-order valence-electron chi connectivity index (χ3n) is 3.49. The minimum atomic E-state index is -0.256. The number of anilines is 1. The van der Waals surface area contributed by atoms with Crippen molar-refractivity contribution in [3.05, 3.63) is 47.5 Å². The van der Waals surface area contributed by atoms with Gasteiger partial charge in [0.15, 0.2) is 11.5 Å². The number of halogens is 1. The number of rotatable bonds is 4. The van der Waals surface area contributed by atoms with Gasteiger partial charge in [0.05, 0.1) is 18.5 Å². The van der Waals surface area contributed by atoms with Crippen LogP contribution in [0.3, 0.4) is 0 Å². The van der Waals surface area contributed by atoms with Crippen LogP contribution in [0.15, 0.2) is 47.4 Å². The quantitative estimate of drug-likeness (QED) is 0.805. The zero-order valence-corrected chi connectivity index (χ0v) is 14.8. The van der Waals surface area contributed by atoms with Gasteiger partial charge < -0.3 is 14.8 Å². The minimum absolute atomic E-state index is 0.0747. The highest BCUT2D eigenvalue weighted by Gasteiger charge is 2.17. The van der Waals surface area contributed by atoms with Crippen LogP contribution in [0.5, 0.6) is 11.5 Å². The number of hydrogen-bond donors (Lipinski definition) is 1. The normalized spacial score (nSPS) is 14.6. The zero-order chi connectivity index (χ0) is 16.9. The summed E-state index contributed by atoms with van der Waals surface area (Å²) in [4.78, 5) is 13.3. The van der Waals surface area contributed by atoms with E-state index in [1.807, 2.05) is 31.2 Å². The summed E-state index contributed by atoms with van der Waals surface area (Å²) in [5.74, 6) is 1.42. The van der Waals surface area contributed by atoms with E-state index in [1.165, 1.54) is 11.8 Å². The van der Waals surface area contributed by atoms with Gasteiger partial charge in [0.1, 0.15) is 0 Å². The Morgan fingerprint density at radius 3 is 2.75 bits per heavy atom. The Balaban J connectivity index is 1.64. The van der Waals surface area contributed by atoms with Crippen molar-refractivity contribution in [1.29, 1.82) is 0 Å². The molecule has 0 unspecified atom stereocenters. The SMILES string of the molecule is C[C@H](Sc1ccc2c(c1)OCCCO2)C(=O)Nc1cccc(Cl)c1. The highest BCUT2D eigenvalue weighted by molar-refractivity contribution is 8.00. The van der Waals surface area contributed by atoms with Crippen molar-refractivity contribution in [3.63, 3.8) is 0 Å². The summed E-state index contributed by atoms with van der Waals surface area (Å²) in [5, 5.41) is 3.21. The highest BCUT2D eigenvalue weighted by atomic mass is 35.5. The first-order valence-corrected chi connectivity index (χ1v) is 9.00. The third-order valence-corrected chi connectivity index (χ3v) is 4.82. The second-order valence-electron chi connectivity index (χ2n) is 5.42. The molecule has 1 atom stereocenters. The predicted octanol–water partition coefficient (Wildman–Crippen LogP) is 4.62. The lowest BCUT2D eigenvalue weighted by molar-refractivity contribution is -0.115. The Kier molecular flexibility index (Phi) is 5.53. The fourth-order valence-corrected chi connectivity index (χ4v) is 3.37. The molecule has 0 saturated carbocycles. The number of fused-ring (bicyclic) bond motifs is 1. The first kappa shape index (κ1) is 17.0. The van der Waals surface area contributed by atoms with Gasteiger partial charge >= 0.3 is 0 Å². The van der Waals surface area contributed by atoms with Crippen LogP contribution in [0.1, 0.15) is 13.3 Å². The molecule has 1 heterocycles. The standard InChI is InChI=1S/C18H18ClNO3S/c1-12(18(21)20-14-5-2-4-13(19)10-14)24-15-6-7-16-17(11-15)23-9-3-8-22-16/h2,4-7,10-12H,3,8-9H2,1H3,(H,20,21)/t12-/m0/s1. The van der Waals surface area contributed by atoms with Crippen LogP contribution in [0.4, 0.5) is 5.69 Å². The van der Waals surface area contributed by atoms with Crippen molar-refractivity contribution < 1.29 is 14.3 Å². The topological polar surface area (TPSA) is 47.6 Å². The van der Waals surface area contributed by atoms with Crippen molar-refractivity contribution in [2.24, 2.45) is 0 Å². The average molecular weight is 364 g/mol. The maximum atomic E-state index is 12.3. The summed E-state index contributed by atoms with van der Waals surface area (Å²) in [6, 6.07) is 12.9. The predicted molar refractivity (Wildman–Crippen MR) is 97.4 cm³/mol. The lowest BCUT2D eigenvalue weighted by Crippen LogP contribution is -2.22. The molecule has 1 amide bonds. The molecular formula is C18H18ClNO3S. The molecule has 1 aliphatic heterocycles. The molecule has 0 fully saturated rings. The van der Waals surface area contributed by atoms with Crippen molar-refractivity contribution in [3.8, 4) is 11.5 Å². The van der Waals surface area contributed by atoms with Crippen LogP contribution in [0.25, 0.3) is 0 Å². The lowest BCUT2D eigenvalue weighted by Gasteiger charge is -2.14. The minimum Gasteiger partial charge on any atom is -0.490 e. The molecule has 24 heavy (non-hydrogen) atoms. The summed E-state index contributed by atoms with van der Waals surface area (Å²) in [5.41, 5.74) is 0.693. The van der Waals surface area contributed by atoms with Crippen molar-refractivity contribution in [1.82, 2.24) is 0 Å². The molecule has 0 spiro atoms.